The Morgan fingerprint density at radius 1 is 1.57 bits per heavy atom. The van der Waals surface area contributed by atoms with Gasteiger partial charge in [0.25, 0.3) is 0 Å². The van der Waals surface area contributed by atoms with Crippen molar-refractivity contribution in [3.63, 3.8) is 0 Å². The van der Waals surface area contributed by atoms with Crippen LogP contribution in [-0.2, 0) is 9.53 Å². The predicted molar refractivity (Wildman–Crippen MR) is 80.5 cm³/mol. The Bertz CT molecular complexity index is 494. The third-order valence-electron chi connectivity index (χ3n) is 3.52. The molecule has 0 saturated carbocycles. The molecular formula is C15H22FN3O2. The lowest BCUT2D eigenvalue weighted by Crippen LogP contribution is -2.43. The number of likely N-dealkylation sites (tertiary alicyclic amines) is 1. The summed E-state index contributed by atoms with van der Waals surface area (Å²) in [5.74, 6) is -0.613. The molecule has 1 aliphatic rings. The molecule has 0 spiro atoms. The molecule has 0 aromatic heterocycles. The summed E-state index contributed by atoms with van der Waals surface area (Å²) in [6.45, 7) is 4.54. The molecule has 1 atom stereocenters. The van der Waals surface area contributed by atoms with E-state index in [9.17, 15) is 9.18 Å². The number of amides is 1. The van der Waals surface area contributed by atoms with Gasteiger partial charge in [0.2, 0.25) is 5.91 Å². The van der Waals surface area contributed by atoms with Crippen LogP contribution >= 0.6 is 0 Å². The maximum Gasteiger partial charge on any atom is 0.238 e. The van der Waals surface area contributed by atoms with E-state index in [4.69, 9.17) is 10.5 Å². The maximum absolute atomic E-state index is 13.2. The summed E-state index contributed by atoms with van der Waals surface area (Å²) >= 11 is 0. The Balaban J connectivity index is 1.88. The summed E-state index contributed by atoms with van der Waals surface area (Å²) in [5.41, 5.74) is 6.39. The van der Waals surface area contributed by atoms with Crippen LogP contribution < -0.4 is 11.1 Å². The number of ether oxygens (including phenoxy) is 1. The first-order valence-electron chi connectivity index (χ1n) is 7.27. The number of hydrogen-bond donors (Lipinski definition) is 2. The summed E-state index contributed by atoms with van der Waals surface area (Å²) in [6.07, 6.45) is 2.24. The van der Waals surface area contributed by atoms with Crippen molar-refractivity contribution >= 4 is 17.3 Å². The Morgan fingerprint density at radius 2 is 2.38 bits per heavy atom. The molecule has 2 rings (SSSR count). The second kappa shape index (κ2) is 7.38. The molecular weight excluding hydrogens is 273 g/mol. The number of halogens is 1. The van der Waals surface area contributed by atoms with Gasteiger partial charge in [0.15, 0.2) is 0 Å². The third kappa shape index (κ3) is 4.68. The van der Waals surface area contributed by atoms with Gasteiger partial charge in [0, 0.05) is 13.2 Å². The van der Waals surface area contributed by atoms with E-state index < -0.39 is 5.82 Å². The highest BCUT2D eigenvalue weighted by molar-refractivity contribution is 5.95. The van der Waals surface area contributed by atoms with E-state index >= 15 is 0 Å². The van der Waals surface area contributed by atoms with Gasteiger partial charge in [0.05, 0.1) is 24.0 Å². The van der Waals surface area contributed by atoms with Crippen LogP contribution in [0.1, 0.15) is 19.8 Å². The zero-order valence-electron chi connectivity index (χ0n) is 12.3. The molecule has 116 valence electrons. The van der Waals surface area contributed by atoms with Crippen LogP contribution in [-0.4, -0.2) is 43.2 Å². The van der Waals surface area contributed by atoms with Crippen LogP contribution in [0.2, 0.25) is 0 Å². The van der Waals surface area contributed by atoms with E-state index in [1.807, 2.05) is 6.92 Å². The van der Waals surface area contributed by atoms with Gasteiger partial charge in [-0.15, -0.1) is 0 Å². The Hall–Kier alpha value is -1.66. The summed E-state index contributed by atoms with van der Waals surface area (Å²) in [6, 6.07) is 3.94. The molecule has 21 heavy (non-hydrogen) atoms. The van der Waals surface area contributed by atoms with Gasteiger partial charge in [-0.05, 0) is 44.5 Å². The lowest BCUT2D eigenvalue weighted by atomic mass is 10.1. The Morgan fingerprint density at radius 3 is 3.14 bits per heavy atom. The minimum Gasteiger partial charge on any atom is -0.397 e. The van der Waals surface area contributed by atoms with E-state index in [-0.39, 0.29) is 18.6 Å². The minimum atomic E-state index is -0.422. The fourth-order valence-electron chi connectivity index (χ4n) is 2.56. The highest BCUT2D eigenvalue weighted by Gasteiger charge is 2.21. The fraction of sp³-hybridized carbons (Fsp3) is 0.533. The molecule has 1 amide bonds. The zero-order chi connectivity index (χ0) is 15.2. The van der Waals surface area contributed by atoms with Crippen LogP contribution in [0.15, 0.2) is 18.2 Å². The highest BCUT2D eigenvalue weighted by Crippen LogP contribution is 2.19. The van der Waals surface area contributed by atoms with E-state index in [0.717, 1.165) is 25.9 Å². The largest absolute Gasteiger partial charge is 0.397 e. The molecule has 1 unspecified atom stereocenters. The average Bonchev–Trinajstić information content (AvgIpc) is 2.43. The van der Waals surface area contributed by atoms with Gasteiger partial charge in [0.1, 0.15) is 5.82 Å². The van der Waals surface area contributed by atoms with Crippen molar-refractivity contribution < 1.29 is 13.9 Å². The summed E-state index contributed by atoms with van der Waals surface area (Å²) in [4.78, 5) is 14.1. The van der Waals surface area contributed by atoms with Crippen molar-refractivity contribution in [3.05, 3.63) is 24.0 Å². The molecule has 0 aliphatic carbocycles. The Kier molecular flexibility index (Phi) is 5.52. The van der Waals surface area contributed by atoms with Crippen LogP contribution in [0.5, 0.6) is 0 Å². The second-order valence-corrected chi connectivity index (χ2v) is 5.23. The number of nitrogen functional groups attached to an aromatic ring is 1. The molecule has 1 aliphatic heterocycles. The van der Waals surface area contributed by atoms with Gasteiger partial charge in [-0.2, -0.15) is 0 Å². The number of nitrogens with two attached hydrogens (primary N) is 1. The van der Waals surface area contributed by atoms with Crippen molar-refractivity contribution in [2.24, 2.45) is 0 Å². The van der Waals surface area contributed by atoms with Gasteiger partial charge >= 0.3 is 0 Å². The molecule has 1 aromatic carbocycles. The molecule has 0 bridgehead atoms. The van der Waals surface area contributed by atoms with Crippen molar-refractivity contribution in [2.45, 2.75) is 25.9 Å². The predicted octanol–water partition coefficient (Wildman–Crippen LogP) is 1.85. The van der Waals surface area contributed by atoms with Gasteiger partial charge in [-0.1, -0.05) is 0 Å². The first-order valence-corrected chi connectivity index (χ1v) is 7.27. The molecule has 0 radical (unpaired) electrons. The normalized spacial score (nSPS) is 19.4. The molecule has 1 heterocycles. The van der Waals surface area contributed by atoms with E-state index in [0.29, 0.717) is 18.0 Å². The number of rotatable bonds is 5. The first-order chi connectivity index (χ1) is 10.1. The summed E-state index contributed by atoms with van der Waals surface area (Å²) < 4.78 is 18.8. The van der Waals surface area contributed by atoms with Crippen LogP contribution in [0, 0.1) is 5.82 Å². The number of hydrogen-bond acceptors (Lipinski definition) is 4. The van der Waals surface area contributed by atoms with Crippen LogP contribution in [0.3, 0.4) is 0 Å². The smallest absolute Gasteiger partial charge is 0.238 e. The number of anilines is 2. The number of carbonyl (C=O) groups excluding carboxylic acids is 1. The van der Waals surface area contributed by atoms with Gasteiger partial charge in [-0.3, -0.25) is 9.69 Å². The van der Waals surface area contributed by atoms with Crippen LogP contribution in [0.25, 0.3) is 0 Å². The quantitative estimate of drug-likeness (QED) is 0.814. The minimum absolute atomic E-state index is 0.190. The molecule has 5 nitrogen and oxygen atoms in total. The highest BCUT2D eigenvalue weighted by atomic mass is 19.1. The molecule has 3 N–H and O–H groups in total. The zero-order valence-corrected chi connectivity index (χ0v) is 12.3. The SMILES string of the molecule is CCOC1CCCN(CC(=O)Nc2cc(F)ccc2N)C1. The van der Waals surface area contributed by atoms with Crippen molar-refractivity contribution in [1.82, 2.24) is 4.90 Å². The lowest BCUT2D eigenvalue weighted by Gasteiger charge is -2.31. The number of benzene rings is 1. The van der Waals surface area contributed by atoms with Crippen molar-refractivity contribution in [3.8, 4) is 0 Å². The standard InChI is InChI=1S/C15H22FN3O2/c1-2-21-12-4-3-7-19(9-12)10-15(20)18-14-8-11(16)5-6-13(14)17/h5-6,8,12H,2-4,7,9-10,17H2,1H3,(H,18,20). The van der Waals surface area contributed by atoms with Gasteiger partial charge in [-0.25, -0.2) is 4.39 Å². The van der Waals surface area contributed by atoms with E-state index in [1.165, 1.54) is 18.2 Å². The number of piperidine rings is 1. The topological polar surface area (TPSA) is 67.6 Å². The first kappa shape index (κ1) is 15.7. The van der Waals surface area contributed by atoms with Crippen LogP contribution in [0.4, 0.5) is 15.8 Å². The summed E-state index contributed by atoms with van der Waals surface area (Å²) in [7, 11) is 0. The molecule has 1 saturated heterocycles. The van der Waals surface area contributed by atoms with Gasteiger partial charge < -0.3 is 15.8 Å². The summed E-state index contributed by atoms with van der Waals surface area (Å²) in [5, 5.41) is 2.66. The molecule has 6 heteroatoms. The number of carbonyl (C=O) groups is 1. The number of nitrogens with one attached hydrogen (secondary N) is 1. The number of nitrogens with zero attached hydrogens (tertiary/aromatic N) is 1. The van der Waals surface area contributed by atoms with Crippen molar-refractivity contribution in [1.29, 1.82) is 0 Å². The van der Waals surface area contributed by atoms with E-state index in [2.05, 4.69) is 10.2 Å². The monoisotopic (exact) mass is 295 g/mol. The lowest BCUT2D eigenvalue weighted by molar-refractivity contribution is -0.118. The average molecular weight is 295 g/mol. The second-order valence-electron chi connectivity index (χ2n) is 5.23. The Labute approximate surface area is 124 Å². The molecule has 1 aromatic rings. The van der Waals surface area contributed by atoms with Crippen molar-refractivity contribution in [2.75, 3.05) is 37.3 Å². The fourth-order valence-corrected chi connectivity index (χ4v) is 2.56. The molecule has 1 fully saturated rings. The van der Waals surface area contributed by atoms with E-state index in [1.54, 1.807) is 0 Å². The maximum atomic E-state index is 13.2. The third-order valence-corrected chi connectivity index (χ3v) is 3.52.